The van der Waals surface area contributed by atoms with E-state index in [-0.39, 0.29) is 0 Å². The molecule has 3 atom stereocenters. The smallest absolute Gasteiger partial charge is 0.0485 e. The molecule has 0 radical (unpaired) electrons. The van der Waals surface area contributed by atoms with E-state index in [1.165, 1.54) is 32.4 Å². The molecule has 3 rings (SSSR count). The van der Waals surface area contributed by atoms with Crippen molar-refractivity contribution in [3.8, 4) is 0 Å². The first-order chi connectivity index (χ1) is 9.76. The molecule has 3 unspecified atom stereocenters. The molecule has 2 nitrogen and oxygen atoms in total. The van der Waals surface area contributed by atoms with Crippen molar-refractivity contribution in [3.63, 3.8) is 0 Å². The molecule has 0 aliphatic carbocycles. The van der Waals surface area contributed by atoms with Crippen LogP contribution in [-0.2, 0) is 6.54 Å². The number of hydrogen-bond donors (Lipinski definition) is 0. The van der Waals surface area contributed by atoms with Gasteiger partial charge in [0.2, 0.25) is 0 Å². The van der Waals surface area contributed by atoms with Gasteiger partial charge in [-0.25, -0.2) is 0 Å². The Kier molecular flexibility index (Phi) is 4.13. The second kappa shape index (κ2) is 5.87. The number of nitrogens with zero attached hydrogens (tertiary/aromatic N) is 2. The van der Waals surface area contributed by atoms with Crippen LogP contribution in [0.5, 0.6) is 0 Å². The van der Waals surface area contributed by atoms with E-state index in [1.54, 1.807) is 11.1 Å². The number of benzene rings is 1. The third kappa shape index (κ3) is 2.29. The van der Waals surface area contributed by atoms with Gasteiger partial charge in [-0.05, 0) is 37.4 Å². The van der Waals surface area contributed by atoms with E-state index < -0.39 is 0 Å². The predicted molar refractivity (Wildman–Crippen MR) is 84.7 cm³/mol. The fraction of sp³-hybridized carbons (Fsp3) is 0.667. The number of unbranched alkanes of at least 4 members (excludes halogenated alkanes) is 1. The van der Waals surface area contributed by atoms with Gasteiger partial charge in [-0.1, -0.05) is 44.5 Å². The Balaban J connectivity index is 1.85. The minimum Gasteiger partial charge on any atom is -0.297 e. The van der Waals surface area contributed by atoms with Crippen LogP contribution in [0.15, 0.2) is 24.3 Å². The Bertz CT molecular complexity index is 456. The van der Waals surface area contributed by atoms with Crippen molar-refractivity contribution in [1.82, 2.24) is 9.80 Å². The Hall–Kier alpha value is -0.860. The van der Waals surface area contributed by atoms with Crippen molar-refractivity contribution < 1.29 is 0 Å². The van der Waals surface area contributed by atoms with Crippen molar-refractivity contribution in [1.29, 1.82) is 0 Å². The normalized spacial score (nSPS) is 30.2. The summed E-state index contributed by atoms with van der Waals surface area (Å²) in [5.74, 6) is 0. The Morgan fingerprint density at radius 2 is 2.00 bits per heavy atom. The maximum atomic E-state index is 2.76. The first-order valence-corrected chi connectivity index (χ1v) is 8.33. The summed E-state index contributed by atoms with van der Waals surface area (Å²) in [6.45, 7) is 10.7. The molecule has 1 aromatic carbocycles. The summed E-state index contributed by atoms with van der Waals surface area (Å²) in [5, 5.41) is 0. The zero-order valence-electron chi connectivity index (χ0n) is 13.2. The molecule has 0 bridgehead atoms. The largest absolute Gasteiger partial charge is 0.297 e. The molecule has 0 saturated carbocycles. The standard InChI is InChI=1S/C18H28N2/c1-4-6-11-19-13-18-16-10-8-7-9-15(16)12-20(18)14(3)17(19)5-2/h7-10,14,17-18H,4-6,11-13H2,1-3H3. The Labute approximate surface area is 123 Å². The average Bonchev–Trinajstić information content (AvgIpc) is 2.84. The van der Waals surface area contributed by atoms with E-state index in [2.05, 4.69) is 54.8 Å². The molecule has 0 amide bonds. The molecule has 0 N–H and O–H groups in total. The Morgan fingerprint density at radius 3 is 2.75 bits per heavy atom. The molecule has 2 aliphatic heterocycles. The third-order valence-electron chi connectivity index (χ3n) is 5.34. The van der Waals surface area contributed by atoms with Gasteiger partial charge in [-0.2, -0.15) is 0 Å². The highest BCUT2D eigenvalue weighted by Gasteiger charge is 2.42. The molecule has 2 heteroatoms. The highest BCUT2D eigenvalue weighted by molar-refractivity contribution is 5.35. The van der Waals surface area contributed by atoms with Gasteiger partial charge < -0.3 is 0 Å². The summed E-state index contributed by atoms with van der Waals surface area (Å²) in [6.07, 6.45) is 3.90. The summed E-state index contributed by atoms with van der Waals surface area (Å²) in [7, 11) is 0. The van der Waals surface area contributed by atoms with Gasteiger partial charge in [0, 0.05) is 31.2 Å². The lowest BCUT2D eigenvalue weighted by Crippen LogP contribution is -2.57. The molecule has 20 heavy (non-hydrogen) atoms. The lowest BCUT2D eigenvalue weighted by molar-refractivity contribution is -0.0128. The minimum atomic E-state index is 0.626. The van der Waals surface area contributed by atoms with Crippen LogP contribution >= 0.6 is 0 Å². The highest BCUT2D eigenvalue weighted by Crippen LogP contribution is 2.40. The van der Waals surface area contributed by atoms with Gasteiger partial charge in [0.05, 0.1) is 0 Å². The molecule has 2 aliphatic rings. The van der Waals surface area contributed by atoms with Gasteiger partial charge in [0.15, 0.2) is 0 Å². The maximum absolute atomic E-state index is 2.76. The van der Waals surface area contributed by atoms with Crippen molar-refractivity contribution in [2.24, 2.45) is 0 Å². The number of fused-ring (bicyclic) bond motifs is 3. The molecule has 2 heterocycles. The second-order valence-corrected chi connectivity index (χ2v) is 6.45. The lowest BCUT2D eigenvalue weighted by atomic mass is 9.95. The molecule has 1 fully saturated rings. The first-order valence-electron chi connectivity index (χ1n) is 8.33. The van der Waals surface area contributed by atoms with Crippen LogP contribution in [0, 0.1) is 0 Å². The van der Waals surface area contributed by atoms with Gasteiger partial charge >= 0.3 is 0 Å². The number of rotatable bonds is 4. The van der Waals surface area contributed by atoms with Crippen LogP contribution in [0.25, 0.3) is 0 Å². The van der Waals surface area contributed by atoms with E-state index in [4.69, 9.17) is 0 Å². The predicted octanol–water partition coefficient (Wildman–Crippen LogP) is 3.83. The summed E-state index contributed by atoms with van der Waals surface area (Å²) in [5.41, 5.74) is 3.13. The number of hydrogen-bond acceptors (Lipinski definition) is 2. The monoisotopic (exact) mass is 272 g/mol. The van der Waals surface area contributed by atoms with E-state index in [1.807, 2.05) is 0 Å². The molecular formula is C18H28N2. The summed E-state index contributed by atoms with van der Waals surface area (Å²) in [4.78, 5) is 5.50. The van der Waals surface area contributed by atoms with Crippen LogP contribution in [0.4, 0.5) is 0 Å². The van der Waals surface area contributed by atoms with Gasteiger partial charge in [-0.3, -0.25) is 9.80 Å². The number of piperazine rings is 1. The van der Waals surface area contributed by atoms with E-state index in [9.17, 15) is 0 Å². The summed E-state index contributed by atoms with van der Waals surface area (Å²) in [6, 6.07) is 11.1. The van der Waals surface area contributed by atoms with E-state index in [0.29, 0.717) is 12.1 Å². The van der Waals surface area contributed by atoms with E-state index >= 15 is 0 Å². The summed E-state index contributed by atoms with van der Waals surface area (Å²) >= 11 is 0. The van der Waals surface area contributed by atoms with Crippen molar-refractivity contribution in [2.45, 2.75) is 64.7 Å². The summed E-state index contributed by atoms with van der Waals surface area (Å²) < 4.78 is 0. The zero-order chi connectivity index (χ0) is 14.1. The van der Waals surface area contributed by atoms with Crippen LogP contribution in [-0.4, -0.2) is 35.0 Å². The molecule has 110 valence electrons. The van der Waals surface area contributed by atoms with E-state index in [0.717, 1.165) is 12.6 Å². The molecule has 1 saturated heterocycles. The lowest BCUT2D eigenvalue weighted by Gasteiger charge is -2.48. The second-order valence-electron chi connectivity index (χ2n) is 6.45. The molecule has 0 spiro atoms. The molecule has 1 aromatic rings. The van der Waals surface area contributed by atoms with Gasteiger partial charge in [0.25, 0.3) is 0 Å². The first kappa shape index (κ1) is 14.1. The van der Waals surface area contributed by atoms with Crippen LogP contribution in [0.2, 0.25) is 0 Å². The fourth-order valence-electron chi connectivity index (χ4n) is 4.22. The maximum Gasteiger partial charge on any atom is 0.0485 e. The quantitative estimate of drug-likeness (QED) is 0.822. The Morgan fingerprint density at radius 1 is 1.20 bits per heavy atom. The van der Waals surface area contributed by atoms with Crippen molar-refractivity contribution >= 4 is 0 Å². The van der Waals surface area contributed by atoms with Crippen molar-refractivity contribution in [3.05, 3.63) is 35.4 Å². The third-order valence-corrected chi connectivity index (χ3v) is 5.34. The average molecular weight is 272 g/mol. The van der Waals surface area contributed by atoms with Crippen LogP contribution in [0.1, 0.15) is 57.2 Å². The van der Waals surface area contributed by atoms with Crippen LogP contribution < -0.4 is 0 Å². The van der Waals surface area contributed by atoms with Gasteiger partial charge in [-0.15, -0.1) is 0 Å². The topological polar surface area (TPSA) is 6.48 Å². The zero-order valence-corrected chi connectivity index (χ0v) is 13.2. The fourth-order valence-corrected chi connectivity index (χ4v) is 4.22. The minimum absolute atomic E-state index is 0.626. The highest BCUT2D eigenvalue weighted by atomic mass is 15.3. The SMILES string of the molecule is CCCCN1CC2c3ccccc3CN2C(C)C1CC. The van der Waals surface area contributed by atoms with Gasteiger partial charge in [0.1, 0.15) is 0 Å². The van der Waals surface area contributed by atoms with Crippen LogP contribution in [0.3, 0.4) is 0 Å². The molecule has 0 aromatic heterocycles. The molecular weight excluding hydrogens is 244 g/mol. The van der Waals surface area contributed by atoms with Crippen molar-refractivity contribution in [2.75, 3.05) is 13.1 Å².